The van der Waals surface area contributed by atoms with Gasteiger partial charge in [0, 0.05) is 40.5 Å². The van der Waals surface area contributed by atoms with Crippen LogP contribution in [0, 0.1) is 13.8 Å². The average molecular weight is 469 g/mol. The zero-order valence-corrected chi connectivity index (χ0v) is 20.0. The minimum atomic E-state index is -0.694. The highest BCUT2D eigenvalue weighted by Gasteiger charge is 2.39. The molecule has 0 saturated carbocycles. The Morgan fingerprint density at radius 2 is 1.74 bits per heavy atom. The van der Waals surface area contributed by atoms with Crippen molar-refractivity contribution in [1.82, 2.24) is 19.8 Å². The molecule has 1 aliphatic rings. The van der Waals surface area contributed by atoms with Crippen LogP contribution in [0.3, 0.4) is 0 Å². The van der Waals surface area contributed by atoms with Crippen molar-refractivity contribution < 1.29 is 14.4 Å². The van der Waals surface area contributed by atoms with Gasteiger partial charge < -0.3 is 14.9 Å². The molecular weight excluding hydrogens is 440 g/mol. The van der Waals surface area contributed by atoms with Crippen LogP contribution in [0.15, 0.2) is 66.9 Å². The number of benzene rings is 2. The van der Waals surface area contributed by atoms with Crippen LogP contribution in [0.4, 0.5) is 4.79 Å². The summed E-state index contributed by atoms with van der Waals surface area (Å²) in [6, 6.07) is 18.6. The van der Waals surface area contributed by atoms with E-state index in [1.807, 2.05) is 68.6 Å². The maximum atomic E-state index is 13.2. The summed E-state index contributed by atoms with van der Waals surface area (Å²) in [4.78, 5) is 43.2. The molecule has 2 unspecified atom stereocenters. The van der Waals surface area contributed by atoms with E-state index in [0.29, 0.717) is 12.0 Å². The number of fused-ring (bicyclic) bond motifs is 1. The SMILES string of the molecule is Cc1cc(C(=O)CN2C(=O)NC(Cc3c[nH]c4ccccc34)C2=O)c(C)n1C(C)c1ccccc1. The molecule has 0 radical (unpaired) electrons. The van der Waals surface area contributed by atoms with Gasteiger partial charge >= 0.3 is 6.03 Å². The van der Waals surface area contributed by atoms with Gasteiger partial charge in [-0.05, 0) is 44.0 Å². The van der Waals surface area contributed by atoms with Gasteiger partial charge in [-0.25, -0.2) is 4.79 Å². The van der Waals surface area contributed by atoms with Gasteiger partial charge in [-0.2, -0.15) is 0 Å². The second kappa shape index (κ2) is 8.91. The first-order valence-electron chi connectivity index (χ1n) is 11.8. The van der Waals surface area contributed by atoms with E-state index in [-0.39, 0.29) is 24.3 Å². The highest BCUT2D eigenvalue weighted by atomic mass is 16.2. The molecule has 7 nitrogen and oxygen atoms in total. The number of H-pyrrole nitrogens is 1. The van der Waals surface area contributed by atoms with E-state index in [2.05, 4.69) is 33.9 Å². The number of nitrogens with one attached hydrogen (secondary N) is 2. The lowest BCUT2D eigenvalue weighted by Gasteiger charge is -2.19. The number of aromatic amines is 1. The molecular formula is C28H28N4O3. The molecule has 0 aliphatic carbocycles. The smallest absolute Gasteiger partial charge is 0.325 e. The molecule has 2 aromatic carbocycles. The average Bonchev–Trinajstić information content (AvgIpc) is 3.49. The summed E-state index contributed by atoms with van der Waals surface area (Å²) >= 11 is 0. The van der Waals surface area contributed by atoms with Crippen LogP contribution >= 0.6 is 0 Å². The topological polar surface area (TPSA) is 87.2 Å². The molecule has 1 aliphatic heterocycles. The second-order valence-electron chi connectivity index (χ2n) is 9.15. The molecule has 2 atom stereocenters. The molecule has 2 N–H and O–H groups in total. The molecule has 178 valence electrons. The zero-order valence-electron chi connectivity index (χ0n) is 20.0. The molecule has 0 spiro atoms. The molecule has 2 aromatic heterocycles. The summed E-state index contributed by atoms with van der Waals surface area (Å²) in [5, 5.41) is 3.77. The van der Waals surface area contributed by atoms with Gasteiger partial charge in [0.25, 0.3) is 5.91 Å². The summed E-state index contributed by atoms with van der Waals surface area (Å²) in [7, 11) is 0. The third-order valence-electron chi connectivity index (χ3n) is 6.96. The zero-order chi connectivity index (χ0) is 24.7. The fourth-order valence-corrected chi connectivity index (χ4v) is 5.15. The van der Waals surface area contributed by atoms with E-state index in [1.54, 1.807) is 0 Å². The normalized spacial score (nSPS) is 16.7. The number of aromatic nitrogens is 2. The first-order valence-corrected chi connectivity index (χ1v) is 11.8. The standard InChI is InChI=1S/C28H28N4O3/c1-17-13-23(19(3)32(17)18(2)20-9-5-4-6-10-20)26(33)16-31-27(34)25(30-28(31)35)14-21-15-29-24-12-8-7-11-22(21)24/h4-13,15,18,25,29H,14,16H2,1-3H3,(H,30,35). The molecule has 1 fully saturated rings. The summed E-state index contributed by atoms with van der Waals surface area (Å²) in [6.45, 7) is 5.69. The monoisotopic (exact) mass is 468 g/mol. The van der Waals surface area contributed by atoms with Crippen LogP contribution in [0.1, 0.15) is 45.8 Å². The Morgan fingerprint density at radius 3 is 2.51 bits per heavy atom. The fraction of sp³-hybridized carbons (Fsp3) is 0.250. The molecule has 4 aromatic rings. The van der Waals surface area contributed by atoms with Gasteiger partial charge in [0.15, 0.2) is 5.78 Å². The highest BCUT2D eigenvalue weighted by Crippen LogP contribution is 2.26. The Morgan fingerprint density at radius 1 is 1.03 bits per heavy atom. The summed E-state index contributed by atoms with van der Waals surface area (Å²) in [5.74, 6) is -0.624. The van der Waals surface area contributed by atoms with Crippen molar-refractivity contribution in [2.75, 3.05) is 6.54 Å². The van der Waals surface area contributed by atoms with Crippen LogP contribution in [-0.2, 0) is 11.2 Å². The van der Waals surface area contributed by atoms with Crippen molar-refractivity contribution in [1.29, 1.82) is 0 Å². The Kier molecular flexibility index (Phi) is 5.76. The number of carbonyl (C=O) groups excluding carboxylic acids is 3. The number of hydrogen-bond donors (Lipinski definition) is 2. The van der Waals surface area contributed by atoms with Gasteiger partial charge in [-0.1, -0.05) is 48.5 Å². The number of imide groups is 1. The van der Waals surface area contributed by atoms with E-state index < -0.39 is 12.1 Å². The van der Waals surface area contributed by atoms with Gasteiger partial charge in [0.05, 0.1) is 12.6 Å². The Balaban J connectivity index is 1.33. The van der Waals surface area contributed by atoms with Gasteiger partial charge in [0.1, 0.15) is 6.04 Å². The predicted octanol–water partition coefficient (Wildman–Crippen LogP) is 4.54. The molecule has 7 heteroatoms. The molecule has 0 bridgehead atoms. The first-order chi connectivity index (χ1) is 16.8. The Hall–Kier alpha value is -4.13. The second-order valence-corrected chi connectivity index (χ2v) is 9.15. The van der Waals surface area contributed by atoms with E-state index in [9.17, 15) is 14.4 Å². The van der Waals surface area contributed by atoms with Crippen LogP contribution in [0.25, 0.3) is 10.9 Å². The number of ketones is 1. The Bertz CT molecular complexity index is 1430. The number of Topliss-reactive ketones (excluding diaryl/α,β-unsaturated/α-hetero) is 1. The number of rotatable bonds is 7. The number of hydrogen-bond acceptors (Lipinski definition) is 3. The Labute approximate surface area is 203 Å². The summed E-state index contributed by atoms with van der Waals surface area (Å²) in [5.41, 5.74) is 5.38. The van der Waals surface area contributed by atoms with Crippen molar-refractivity contribution in [3.8, 4) is 0 Å². The van der Waals surface area contributed by atoms with E-state index in [0.717, 1.165) is 38.3 Å². The maximum Gasteiger partial charge on any atom is 0.325 e. The number of para-hydroxylation sites is 1. The summed E-state index contributed by atoms with van der Waals surface area (Å²) in [6.07, 6.45) is 2.23. The lowest BCUT2D eigenvalue weighted by atomic mass is 10.0. The minimum Gasteiger partial charge on any atom is -0.361 e. The number of aryl methyl sites for hydroxylation is 1. The van der Waals surface area contributed by atoms with Crippen LogP contribution in [-0.4, -0.2) is 44.8 Å². The van der Waals surface area contributed by atoms with Gasteiger partial charge in [-0.3, -0.25) is 14.5 Å². The molecule has 3 amide bonds. The minimum absolute atomic E-state index is 0.0509. The van der Waals surface area contributed by atoms with Crippen LogP contribution in [0.2, 0.25) is 0 Å². The van der Waals surface area contributed by atoms with Crippen molar-refractivity contribution in [2.45, 2.75) is 39.3 Å². The number of nitrogens with zero attached hydrogens (tertiary/aromatic N) is 2. The van der Waals surface area contributed by atoms with Gasteiger partial charge in [0.2, 0.25) is 0 Å². The van der Waals surface area contributed by atoms with Crippen LogP contribution < -0.4 is 5.32 Å². The van der Waals surface area contributed by atoms with Crippen molar-refractivity contribution in [3.63, 3.8) is 0 Å². The molecule has 3 heterocycles. The van der Waals surface area contributed by atoms with E-state index >= 15 is 0 Å². The largest absolute Gasteiger partial charge is 0.361 e. The molecule has 5 rings (SSSR count). The van der Waals surface area contributed by atoms with Crippen molar-refractivity contribution in [2.24, 2.45) is 0 Å². The highest BCUT2D eigenvalue weighted by molar-refractivity contribution is 6.09. The maximum absolute atomic E-state index is 13.2. The third-order valence-corrected chi connectivity index (χ3v) is 6.96. The first kappa shape index (κ1) is 22.7. The van der Waals surface area contributed by atoms with E-state index in [1.165, 1.54) is 0 Å². The lowest BCUT2D eigenvalue weighted by Crippen LogP contribution is -2.36. The third kappa shape index (κ3) is 4.03. The quantitative estimate of drug-likeness (QED) is 0.308. The molecule has 1 saturated heterocycles. The van der Waals surface area contributed by atoms with Crippen molar-refractivity contribution >= 4 is 28.6 Å². The number of amides is 3. The van der Waals surface area contributed by atoms with Gasteiger partial charge in [-0.15, -0.1) is 0 Å². The number of carbonyl (C=O) groups is 3. The lowest BCUT2D eigenvalue weighted by molar-refractivity contribution is -0.127. The number of urea groups is 1. The van der Waals surface area contributed by atoms with Crippen molar-refractivity contribution in [3.05, 3.63) is 94.9 Å². The fourth-order valence-electron chi connectivity index (χ4n) is 5.15. The molecule has 35 heavy (non-hydrogen) atoms. The van der Waals surface area contributed by atoms with E-state index in [4.69, 9.17) is 0 Å². The summed E-state index contributed by atoms with van der Waals surface area (Å²) < 4.78 is 2.12. The predicted molar refractivity (Wildman–Crippen MR) is 135 cm³/mol. The van der Waals surface area contributed by atoms with Crippen LogP contribution in [0.5, 0.6) is 0 Å².